The molecule has 0 aromatic carbocycles. The summed E-state index contributed by atoms with van der Waals surface area (Å²) >= 11 is 0. The third kappa shape index (κ3) is 2.63. The molecular weight excluding hydrogens is 186 g/mol. The molecule has 0 radical (unpaired) electrons. The van der Waals surface area contributed by atoms with Crippen LogP contribution in [0, 0.1) is 5.92 Å². The van der Waals surface area contributed by atoms with Crippen LogP contribution in [0.2, 0.25) is 0 Å². The molecule has 1 N–H and O–H groups in total. The van der Waals surface area contributed by atoms with E-state index in [-0.39, 0.29) is 5.54 Å². The first-order valence-corrected chi connectivity index (χ1v) is 5.83. The number of hydrogen-bond donors (Lipinski definition) is 1. The molecule has 1 fully saturated rings. The summed E-state index contributed by atoms with van der Waals surface area (Å²) in [6.45, 7) is 7.79. The van der Waals surface area contributed by atoms with Crippen molar-refractivity contribution in [3.05, 3.63) is 24.2 Å². The smallest absolute Gasteiger partial charge is 0.0937 e. The molecule has 1 aliphatic rings. The van der Waals surface area contributed by atoms with Gasteiger partial charge >= 0.3 is 0 Å². The van der Waals surface area contributed by atoms with Crippen LogP contribution < -0.4 is 5.32 Å². The van der Waals surface area contributed by atoms with Gasteiger partial charge in [-0.2, -0.15) is 0 Å². The first-order valence-electron chi connectivity index (χ1n) is 5.83. The number of nitrogens with one attached hydrogen (secondary N) is 1. The Kier molecular flexibility index (Phi) is 2.87. The van der Waals surface area contributed by atoms with E-state index in [0.717, 1.165) is 18.4 Å². The van der Waals surface area contributed by atoms with Crippen LogP contribution >= 0.6 is 0 Å². The summed E-state index contributed by atoms with van der Waals surface area (Å²) in [5, 5.41) is 3.59. The van der Waals surface area contributed by atoms with E-state index in [1.165, 1.54) is 18.4 Å². The molecule has 2 heteroatoms. The van der Waals surface area contributed by atoms with Crippen LogP contribution in [-0.2, 0) is 0 Å². The van der Waals surface area contributed by atoms with Gasteiger partial charge in [0.2, 0.25) is 0 Å². The van der Waals surface area contributed by atoms with Gasteiger partial charge in [-0.25, -0.2) is 0 Å². The van der Waals surface area contributed by atoms with Gasteiger partial charge in [0.05, 0.1) is 12.5 Å². The first-order chi connectivity index (χ1) is 7.06. The van der Waals surface area contributed by atoms with Crippen molar-refractivity contribution in [1.82, 2.24) is 5.32 Å². The van der Waals surface area contributed by atoms with Crippen LogP contribution in [0.4, 0.5) is 0 Å². The predicted octanol–water partition coefficient (Wildman–Crippen LogP) is 3.16. The van der Waals surface area contributed by atoms with Crippen molar-refractivity contribution in [1.29, 1.82) is 0 Å². The van der Waals surface area contributed by atoms with Crippen LogP contribution in [0.5, 0.6) is 0 Å². The molecule has 2 unspecified atom stereocenters. The summed E-state index contributed by atoms with van der Waals surface area (Å²) < 4.78 is 5.14. The summed E-state index contributed by atoms with van der Waals surface area (Å²) in [6.07, 6.45) is 6.34. The second-order valence-electron chi connectivity index (χ2n) is 5.63. The van der Waals surface area contributed by atoms with Gasteiger partial charge in [0.25, 0.3) is 0 Å². The second kappa shape index (κ2) is 4.01. The zero-order valence-electron chi connectivity index (χ0n) is 9.92. The molecule has 0 spiro atoms. The van der Waals surface area contributed by atoms with Crippen molar-refractivity contribution in [2.75, 3.05) is 6.54 Å². The van der Waals surface area contributed by atoms with Crippen molar-refractivity contribution in [3.63, 3.8) is 0 Å². The summed E-state index contributed by atoms with van der Waals surface area (Å²) in [5.41, 5.74) is 1.61. The fourth-order valence-corrected chi connectivity index (χ4v) is 2.18. The molecule has 2 rings (SSSR count). The fourth-order valence-electron chi connectivity index (χ4n) is 2.18. The molecule has 0 amide bonds. The first kappa shape index (κ1) is 10.7. The van der Waals surface area contributed by atoms with E-state index in [2.05, 4.69) is 32.2 Å². The normalized spacial score (nSPS) is 26.3. The average molecular weight is 207 g/mol. The Morgan fingerprint density at radius 2 is 2.20 bits per heavy atom. The quantitative estimate of drug-likeness (QED) is 0.823. The van der Waals surface area contributed by atoms with Gasteiger partial charge in [0.15, 0.2) is 0 Å². The molecule has 0 aliphatic heterocycles. The monoisotopic (exact) mass is 207 g/mol. The van der Waals surface area contributed by atoms with Crippen LogP contribution in [-0.4, -0.2) is 12.1 Å². The zero-order chi connectivity index (χ0) is 10.9. The standard InChI is InChI=1S/C13H21NO/c1-13(2,3)14-8-10-4-5-12(10)11-6-7-15-9-11/h6-7,9-10,12,14H,4-5,8H2,1-3H3. The minimum Gasteiger partial charge on any atom is -0.472 e. The summed E-state index contributed by atoms with van der Waals surface area (Å²) in [7, 11) is 0. The Bertz CT molecular complexity index is 297. The highest BCUT2D eigenvalue weighted by Crippen LogP contribution is 2.42. The molecule has 1 aromatic rings. The Balaban J connectivity index is 1.85. The Labute approximate surface area is 92.1 Å². The number of furan rings is 1. The molecule has 15 heavy (non-hydrogen) atoms. The summed E-state index contributed by atoms with van der Waals surface area (Å²) in [6, 6.07) is 2.11. The van der Waals surface area contributed by atoms with Crippen molar-refractivity contribution in [3.8, 4) is 0 Å². The highest BCUT2D eigenvalue weighted by Gasteiger charge is 2.32. The van der Waals surface area contributed by atoms with E-state index in [0.29, 0.717) is 0 Å². The van der Waals surface area contributed by atoms with Gasteiger partial charge in [-0.3, -0.25) is 0 Å². The van der Waals surface area contributed by atoms with Gasteiger partial charge in [0, 0.05) is 5.54 Å². The lowest BCUT2D eigenvalue weighted by molar-refractivity contribution is 0.225. The Morgan fingerprint density at radius 3 is 2.67 bits per heavy atom. The fraction of sp³-hybridized carbons (Fsp3) is 0.692. The molecule has 1 aliphatic carbocycles. The molecule has 2 atom stereocenters. The largest absolute Gasteiger partial charge is 0.472 e. The lowest BCUT2D eigenvalue weighted by atomic mass is 9.70. The van der Waals surface area contributed by atoms with Crippen molar-refractivity contribution in [2.24, 2.45) is 5.92 Å². The molecular formula is C13H21NO. The van der Waals surface area contributed by atoms with E-state index in [1.54, 1.807) is 6.26 Å². The maximum atomic E-state index is 5.14. The third-order valence-electron chi connectivity index (χ3n) is 3.28. The maximum Gasteiger partial charge on any atom is 0.0937 e. The van der Waals surface area contributed by atoms with Gasteiger partial charge in [-0.15, -0.1) is 0 Å². The van der Waals surface area contributed by atoms with E-state index in [1.807, 2.05) is 6.26 Å². The lowest BCUT2D eigenvalue weighted by Gasteiger charge is -2.38. The number of rotatable bonds is 3. The third-order valence-corrected chi connectivity index (χ3v) is 3.28. The van der Waals surface area contributed by atoms with Crippen LogP contribution in [0.25, 0.3) is 0 Å². The van der Waals surface area contributed by atoms with Crippen molar-refractivity contribution in [2.45, 2.75) is 45.1 Å². The molecule has 84 valence electrons. The van der Waals surface area contributed by atoms with Crippen LogP contribution in [0.3, 0.4) is 0 Å². The highest BCUT2D eigenvalue weighted by atomic mass is 16.3. The second-order valence-corrected chi connectivity index (χ2v) is 5.63. The van der Waals surface area contributed by atoms with Gasteiger partial charge < -0.3 is 9.73 Å². The maximum absolute atomic E-state index is 5.14. The van der Waals surface area contributed by atoms with Crippen LogP contribution in [0.1, 0.15) is 45.1 Å². The average Bonchev–Trinajstić information content (AvgIpc) is 2.53. The van der Waals surface area contributed by atoms with Crippen molar-refractivity contribution < 1.29 is 4.42 Å². The predicted molar refractivity (Wildman–Crippen MR) is 61.9 cm³/mol. The van der Waals surface area contributed by atoms with E-state index >= 15 is 0 Å². The van der Waals surface area contributed by atoms with E-state index < -0.39 is 0 Å². The minimum absolute atomic E-state index is 0.233. The molecule has 0 saturated heterocycles. The Morgan fingerprint density at radius 1 is 1.40 bits per heavy atom. The summed E-state index contributed by atoms with van der Waals surface area (Å²) in [4.78, 5) is 0. The van der Waals surface area contributed by atoms with Gasteiger partial charge in [0.1, 0.15) is 0 Å². The molecule has 0 bridgehead atoms. The van der Waals surface area contributed by atoms with Gasteiger partial charge in [-0.1, -0.05) is 0 Å². The Hall–Kier alpha value is -0.760. The lowest BCUT2D eigenvalue weighted by Crippen LogP contribution is -2.42. The molecule has 1 saturated carbocycles. The van der Waals surface area contributed by atoms with Crippen LogP contribution in [0.15, 0.2) is 23.0 Å². The minimum atomic E-state index is 0.233. The van der Waals surface area contributed by atoms with E-state index in [9.17, 15) is 0 Å². The molecule has 1 heterocycles. The molecule has 2 nitrogen and oxygen atoms in total. The highest BCUT2D eigenvalue weighted by molar-refractivity contribution is 5.17. The topological polar surface area (TPSA) is 25.2 Å². The SMILES string of the molecule is CC(C)(C)NCC1CCC1c1ccoc1. The van der Waals surface area contributed by atoms with Gasteiger partial charge in [-0.05, 0) is 63.6 Å². The number of hydrogen-bond acceptors (Lipinski definition) is 2. The van der Waals surface area contributed by atoms with E-state index in [4.69, 9.17) is 4.42 Å². The molecule has 1 aromatic heterocycles. The summed E-state index contributed by atoms with van der Waals surface area (Å²) in [5.74, 6) is 1.51. The zero-order valence-corrected chi connectivity index (χ0v) is 9.92. The van der Waals surface area contributed by atoms with Crippen molar-refractivity contribution >= 4 is 0 Å².